The van der Waals surface area contributed by atoms with Gasteiger partial charge < -0.3 is 14.8 Å². The third-order valence-electron chi connectivity index (χ3n) is 2.68. The Morgan fingerprint density at radius 3 is 3.00 bits per heavy atom. The van der Waals surface area contributed by atoms with Gasteiger partial charge in [0.15, 0.2) is 0 Å². The van der Waals surface area contributed by atoms with Crippen molar-refractivity contribution in [2.24, 2.45) is 0 Å². The summed E-state index contributed by atoms with van der Waals surface area (Å²) in [4.78, 5) is 0. The topological polar surface area (TPSA) is 45.4 Å². The molecule has 2 N–H and O–H groups in total. The molecule has 0 amide bonds. The molecule has 2 rings (SSSR count). The van der Waals surface area contributed by atoms with E-state index in [9.17, 15) is 5.11 Å². The van der Waals surface area contributed by atoms with Crippen molar-refractivity contribution in [1.29, 1.82) is 0 Å². The first-order valence-corrected chi connectivity index (χ1v) is 6.66. The van der Waals surface area contributed by atoms with Gasteiger partial charge >= 0.3 is 0 Å². The number of aliphatic hydroxyl groups excluding tert-OH is 1. The fourth-order valence-corrected chi connectivity index (χ4v) is 2.40. The number of furan rings is 1. The second kappa shape index (κ2) is 6.00. The quantitative estimate of drug-likeness (QED) is 0.829. The van der Waals surface area contributed by atoms with Crippen molar-refractivity contribution in [3.05, 3.63) is 46.5 Å². The van der Waals surface area contributed by atoms with E-state index in [1.807, 2.05) is 29.0 Å². The SMILES string of the molecule is CC(Cc1ccco1)NCC(O)c1ccsc1. The predicted octanol–water partition coefficient (Wildman–Crippen LogP) is 2.60. The first kappa shape index (κ1) is 12.4. The lowest BCUT2D eigenvalue weighted by molar-refractivity contribution is 0.170. The Kier molecular flexibility index (Phi) is 4.36. The summed E-state index contributed by atoms with van der Waals surface area (Å²) in [6.45, 7) is 2.65. The fraction of sp³-hybridized carbons (Fsp3) is 0.385. The summed E-state index contributed by atoms with van der Waals surface area (Å²) in [6, 6.07) is 6.10. The Morgan fingerprint density at radius 1 is 1.47 bits per heavy atom. The van der Waals surface area contributed by atoms with E-state index >= 15 is 0 Å². The minimum absolute atomic E-state index is 0.287. The van der Waals surface area contributed by atoms with E-state index in [1.54, 1.807) is 17.6 Å². The zero-order valence-electron chi connectivity index (χ0n) is 9.80. The van der Waals surface area contributed by atoms with Crippen LogP contribution in [0.1, 0.15) is 24.4 Å². The Labute approximate surface area is 105 Å². The maximum atomic E-state index is 9.91. The van der Waals surface area contributed by atoms with E-state index < -0.39 is 6.10 Å². The summed E-state index contributed by atoms with van der Waals surface area (Å²) >= 11 is 1.60. The first-order valence-electron chi connectivity index (χ1n) is 5.71. The van der Waals surface area contributed by atoms with Crippen molar-refractivity contribution < 1.29 is 9.52 Å². The monoisotopic (exact) mass is 251 g/mol. The molecule has 0 fully saturated rings. The zero-order chi connectivity index (χ0) is 12.1. The molecule has 0 aromatic carbocycles. The van der Waals surface area contributed by atoms with Crippen molar-refractivity contribution in [1.82, 2.24) is 5.32 Å². The third-order valence-corrected chi connectivity index (χ3v) is 3.38. The van der Waals surface area contributed by atoms with E-state index in [-0.39, 0.29) is 6.04 Å². The highest BCUT2D eigenvalue weighted by atomic mass is 32.1. The van der Waals surface area contributed by atoms with Crippen LogP contribution in [0.4, 0.5) is 0 Å². The minimum atomic E-state index is -0.430. The van der Waals surface area contributed by atoms with Crippen LogP contribution in [-0.4, -0.2) is 17.7 Å². The van der Waals surface area contributed by atoms with Gasteiger partial charge in [0, 0.05) is 19.0 Å². The first-order chi connectivity index (χ1) is 8.25. The molecule has 0 bridgehead atoms. The van der Waals surface area contributed by atoms with Gasteiger partial charge in [-0.2, -0.15) is 11.3 Å². The summed E-state index contributed by atoms with van der Waals surface area (Å²) in [5.74, 6) is 0.968. The molecule has 2 aromatic heterocycles. The average Bonchev–Trinajstić information content (AvgIpc) is 2.97. The molecule has 2 unspecified atom stereocenters. The van der Waals surface area contributed by atoms with E-state index in [4.69, 9.17) is 4.42 Å². The maximum Gasteiger partial charge on any atom is 0.105 e. The van der Waals surface area contributed by atoms with Crippen LogP contribution in [0, 0.1) is 0 Å². The molecule has 3 nitrogen and oxygen atoms in total. The molecule has 0 aliphatic rings. The van der Waals surface area contributed by atoms with Crippen molar-refractivity contribution in [3.8, 4) is 0 Å². The van der Waals surface area contributed by atoms with Crippen molar-refractivity contribution >= 4 is 11.3 Å². The van der Waals surface area contributed by atoms with Gasteiger partial charge in [-0.25, -0.2) is 0 Å². The van der Waals surface area contributed by atoms with E-state index in [1.165, 1.54) is 0 Å². The maximum absolute atomic E-state index is 9.91. The molecule has 2 aromatic rings. The standard InChI is InChI=1S/C13H17NO2S/c1-10(7-12-3-2-5-16-12)14-8-13(15)11-4-6-17-9-11/h2-6,9-10,13-15H,7-8H2,1H3. The lowest BCUT2D eigenvalue weighted by atomic mass is 10.1. The molecule has 92 valence electrons. The molecule has 17 heavy (non-hydrogen) atoms. The lowest BCUT2D eigenvalue weighted by Crippen LogP contribution is -2.31. The molecule has 0 aliphatic heterocycles. The van der Waals surface area contributed by atoms with E-state index in [0.29, 0.717) is 6.54 Å². The van der Waals surface area contributed by atoms with Crippen molar-refractivity contribution in [3.63, 3.8) is 0 Å². The van der Waals surface area contributed by atoms with Crippen molar-refractivity contribution in [2.75, 3.05) is 6.54 Å². The second-order valence-electron chi connectivity index (χ2n) is 4.17. The van der Waals surface area contributed by atoms with Crippen LogP contribution >= 0.6 is 11.3 Å². The number of hydrogen-bond donors (Lipinski definition) is 2. The summed E-state index contributed by atoms with van der Waals surface area (Å²) in [5.41, 5.74) is 0.979. The van der Waals surface area contributed by atoms with Crippen LogP contribution in [0.15, 0.2) is 39.6 Å². The number of hydrogen-bond acceptors (Lipinski definition) is 4. The molecular formula is C13H17NO2S. The average molecular weight is 251 g/mol. The molecule has 0 aliphatic carbocycles. The highest BCUT2D eigenvalue weighted by Gasteiger charge is 2.10. The van der Waals surface area contributed by atoms with Gasteiger partial charge in [-0.15, -0.1) is 0 Å². The van der Waals surface area contributed by atoms with Gasteiger partial charge in [-0.3, -0.25) is 0 Å². The van der Waals surface area contributed by atoms with Gasteiger partial charge in [-0.1, -0.05) is 0 Å². The highest BCUT2D eigenvalue weighted by molar-refractivity contribution is 7.07. The fourth-order valence-electron chi connectivity index (χ4n) is 1.70. The van der Waals surface area contributed by atoms with Crippen LogP contribution in [0.2, 0.25) is 0 Å². The van der Waals surface area contributed by atoms with Gasteiger partial charge in [0.2, 0.25) is 0 Å². The van der Waals surface area contributed by atoms with E-state index in [0.717, 1.165) is 17.7 Å². The number of rotatable bonds is 6. The molecule has 0 spiro atoms. The summed E-state index contributed by atoms with van der Waals surface area (Å²) in [7, 11) is 0. The Morgan fingerprint density at radius 2 is 2.35 bits per heavy atom. The van der Waals surface area contributed by atoms with Crippen molar-refractivity contribution in [2.45, 2.75) is 25.5 Å². The number of thiophene rings is 1. The summed E-state index contributed by atoms with van der Waals surface area (Å²) < 4.78 is 5.28. The van der Waals surface area contributed by atoms with E-state index in [2.05, 4.69) is 12.2 Å². The van der Waals surface area contributed by atoms with Crippen LogP contribution < -0.4 is 5.32 Å². The van der Waals surface area contributed by atoms with Crippen LogP contribution in [0.25, 0.3) is 0 Å². The highest BCUT2D eigenvalue weighted by Crippen LogP contribution is 2.15. The summed E-state index contributed by atoms with van der Waals surface area (Å²) in [5, 5.41) is 17.2. The molecule has 0 saturated heterocycles. The second-order valence-corrected chi connectivity index (χ2v) is 4.95. The van der Waals surface area contributed by atoms with Crippen LogP contribution in [0.5, 0.6) is 0 Å². The molecule has 4 heteroatoms. The zero-order valence-corrected chi connectivity index (χ0v) is 10.6. The molecule has 0 saturated carbocycles. The molecular weight excluding hydrogens is 234 g/mol. The van der Waals surface area contributed by atoms with Crippen LogP contribution in [0.3, 0.4) is 0 Å². The van der Waals surface area contributed by atoms with Gasteiger partial charge in [-0.05, 0) is 41.4 Å². The normalized spacial score (nSPS) is 14.7. The van der Waals surface area contributed by atoms with Crippen LogP contribution in [-0.2, 0) is 6.42 Å². The molecule has 0 radical (unpaired) electrons. The lowest BCUT2D eigenvalue weighted by Gasteiger charge is -2.15. The Hall–Kier alpha value is -1.10. The van der Waals surface area contributed by atoms with Gasteiger partial charge in [0.05, 0.1) is 12.4 Å². The minimum Gasteiger partial charge on any atom is -0.469 e. The van der Waals surface area contributed by atoms with Gasteiger partial charge in [0.1, 0.15) is 5.76 Å². The molecule has 2 atom stereocenters. The summed E-state index contributed by atoms with van der Waals surface area (Å²) in [6.07, 6.45) is 2.09. The number of aliphatic hydroxyl groups is 1. The number of nitrogens with one attached hydrogen (secondary N) is 1. The smallest absolute Gasteiger partial charge is 0.105 e. The van der Waals surface area contributed by atoms with Gasteiger partial charge in [0.25, 0.3) is 0 Å². The predicted molar refractivity (Wildman–Crippen MR) is 69.2 cm³/mol. The Balaban J connectivity index is 1.74. The molecule has 2 heterocycles. The largest absolute Gasteiger partial charge is 0.469 e. The third kappa shape index (κ3) is 3.70. The Bertz CT molecular complexity index is 411.